The summed E-state index contributed by atoms with van der Waals surface area (Å²) in [5.74, 6) is -2.75. The number of carboxylic acids is 1. The van der Waals surface area contributed by atoms with Crippen LogP contribution in [0.1, 0.15) is 21.5 Å². The average molecular weight is 442 g/mol. The van der Waals surface area contributed by atoms with Gasteiger partial charge in [0.15, 0.2) is 0 Å². The van der Waals surface area contributed by atoms with E-state index in [9.17, 15) is 24.3 Å². The van der Waals surface area contributed by atoms with Gasteiger partial charge in [-0.3, -0.25) is 14.9 Å². The molecule has 0 radical (unpaired) electrons. The molecule has 3 aromatic rings. The predicted molar refractivity (Wildman–Crippen MR) is 120 cm³/mol. The fourth-order valence-corrected chi connectivity index (χ4v) is 3.30. The van der Waals surface area contributed by atoms with Gasteiger partial charge in [-0.2, -0.15) is 0 Å². The second kappa shape index (κ2) is 9.19. The molecule has 1 saturated heterocycles. The zero-order chi connectivity index (χ0) is 23.4. The van der Waals surface area contributed by atoms with Gasteiger partial charge in [-0.1, -0.05) is 54.6 Å². The fraction of sp³-hybridized carbons (Fsp3) is 0.0400. The monoisotopic (exact) mass is 442 g/mol. The van der Waals surface area contributed by atoms with Gasteiger partial charge in [-0.25, -0.2) is 14.5 Å². The molecule has 2 N–H and O–H groups in total. The maximum Gasteiger partial charge on any atom is 0.339 e. The highest BCUT2D eigenvalue weighted by Gasteiger charge is 2.36. The molecule has 4 amide bonds. The number of urea groups is 1. The molecular weight excluding hydrogens is 424 g/mol. The largest absolute Gasteiger partial charge is 0.488 e. The molecule has 0 spiro atoms. The van der Waals surface area contributed by atoms with Crippen LogP contribution in [0.4, 0.5) is 10.5 Å². The number of barbiturate groups is 1. The second-order valence-corrected chi connectivity index (χ2v) is 7.13. The van der Waals surface area contributed by atoms with Gasteiger partial charge in [0.05, 0.1) is 5.69 Å². The summed E-state index contributed by atoms with van der Waals surface area (Å²) in [6, 6.07) is 20.9. The lowest BCUT2D eigenvalue weighted by atomic mass is 10.0. The number of rotatable bonds is 6. The molecule has 1 aliphatic rings. The number of nitrogens with zero attached hydrogens (tertiary/aromatic N) is 1. The van der Waals surface area contributed by atoms with Crippen molar-refractivity contribution >= 4 is 35.6 Å². The Morgan fingerprint density at radius 2 is 1.61 bits per heavy atom. The average Bonchev–Trinajstić information content (AvgIpc) is 2.82. The van der Waals surface area contributed by atoms with Crippen molar-refractivity contribution in [2.45, 2.75) is 6.61 Å². The molecule has 8 nitrogen and oxygen atoms in total. The molecule has 0 atom stereocenters. The summed E-state index contributed by atoms with van der Waals surface area (Å²) in [4.78, 5) is 50.2. The third kappa shape index (κ3) is 4.64. The van der Waals surface area contributed by atoms with Crippen molar-refractivity contribution in [3.63, 3.8) is 0 Å². The van der Waals surface area contributed by atoms with Gasteiger partial charge in [0.1, 0.15) is 23.5 Å². The van der Waals surface area contributed by atoms with Gasteiger partial charge in [-0.05, 0) is 41.5 Å². The first kappa shape index (κ1) is 21.5. The number of benzene rings is 3. The summed E-state index contributed by atoms with van der Waals surface area (Å²) in [6.07, 6.45) is 1.24. The lowest BCUT2D eigenvalue weighted by Crippen LogP contribution is -2.54. The highest BCUT2D eigenvalue weighted by Crippen LogP contribution is 2.25. The lowest BCUT2D eigenvalue weighted by molar-refractivity contribution is -0.122. The first-order valence-corrected chi connectivity index (χ1v) is 9.94. The zero-order valence-electron chi connectivity index (χ0n) is 17.2. The van der Waals surface area contributed by atoms with Gasteiger partial charge in [0.2, 0.25) is 0 Å². The molecule has 0 aromatic heterocycles. The van der Waals surface area contributed by atoms with Crippen LogP contribution in [0.25, 0.3) is 6.08 Å². The molecule has 0 bridgehead atoms. The topological polar surface area (TPSA) is 113 Å². The SMILES string of the molecule is O=C1NC(=O)N(c2ccccc2)C(=O)/C1=C\c1ccc(OCc2ccccc2)c(C(=O)O)c1. The number of carboxylic acid groups (broad SMARTS) is 1. The number of para-hydroxylation sites is 1. The first-order chi connectivity index (χ1) is 15.9. The Balaban J connectivity index is 1.63. The van der Waals surface area contributed by atoms with E-state index < -0.39 is 23.8 Å². The molecule has 0 unspecified atom stereocenters. The van der Waals surface area contributed by atoms with Crippen LogP contribution in [0.5, 0.6) is 5.75 Å². The summed E-state index contributed by atoms with van der Waals surface area (Å²) in [5.41, 5.74) is 1.04. The summed E-state index contributed by atoms with van der Waals surface area (Å²) < 4.78 is 5.66. The van der Waals surface area contributed by atoms with Crippen LogP contribution in [0.2, 0.25) is 0 Å². The Morgan fingerprint density at radius 3 is 2.27 bits per heavy atom. The number of imide groups is 2. The molecule has 164 valence electrons. The lowest BCUT2D eigenvalue weighted by Gasteiger charge is -2.26. The number of carbonyl (C=O) groups excluding carboxylic acids is 3. The number of anilines is 1. The number of carbonyl (C=O) groups is 4. The Labute approximate surface area is 188 Å². The maximum absolute atomic E-state index is 12.9. The van der Waals surface area contributed by atoms with E-state index in [0.29, 0.717) is 11.3 Å². The standard InChI is InChI=1S/C25H18N2O6/c28-22-20(23(29)27(25(32)26-22)18-9-5-2-6-10-18)14-17-11-12-21(19(13-17)24(30)31)33-15-16-7-3-1-4-8-16/h1-14H,15H2,(H,30,31)(H,26,28,32)/b20-14-. The number of aromatic carboxylic acids is 1. The van der Waals surface area contributed by atoms with Crippen LogP contribution >= 0.6 is 0 Å². The normalized spacial score (nSPS) is 14.8. The quantitative estimate of drug-likeness (QED) is 0.445. The number of hydrogen-bond acceptors (Lipinski definition) is 5. The third-order valence-corrected chi connectivity index (χ3v) is 4.90. The molecule has 1 aliphatic heterocycles. The molecular formula is C25H18N2O6. The number of hydrogen-bond donors (Lipinski definition) is 2. The first-order valence-electron chi connectivity index (χ1n) is 9.94. The van der Waals surface area contributed by atoms with E-state index in [0.717, 1.165) is 10.5 Å². The minimum absolute atomic E-state index is 0.125. The highest BCUT2D eigenvalue weighted by atomic mass is 16.5. The van der Waals surface area contributed by atoms with Crippen molar-refractivity contribution in [3.8, 4) is 5.75 Å². The minimum Gasteiger partial charge on any atom is -0.488 e. The molecule has 4 rings (SSSR count). The van der Waals surface area contributed by atoms with Crippen molar-refractivity contribution in [2.24, 2.45) is 0 Å². The predicted octanol–water partition coefficient (Wildman–Crippen LogP) is 3.63. The van der Waals surface area contributed by atoms with Crippen LogP contribution < -0.4 is 15.0 Å². The second-order valence-electron chi connectivity index (χ2n) is 7.13. The third-order valence-electron chi connectivity index (χ3n) is 4.90. The summed E-state index contributed by atoms with van der Waals surface area (Å²) in [6.45, 7) is 0.177. The van der Waals surface area contributed by atoms with Crippen molar-refractivity contribution < 1.29 is 29.0 Å². The Kier molecular flexibility index (Phi) is 5.99. The molecule has 0 aliphatic carbocycles. The van der Waals surface area contributed by atoms with E-state index in [1.165, 1.54) is 24.3 Å². The molecule has 1 fully saturated rings. The van der Waals surface area contributed by atoms with Crippen LogP contribution in [0.15, 0.2) is 84.4 Å². The van der Waals surface area contributed by atoms with Crippen molar-refractivity contribution in [3.05, 3.63) is 101 Å². The Morgan fingerprint density at radius 1 is 0.939 bits per heavy atom. The molecule has 1 heterocycles. The van der Waals surface area contributed by atoms with Crippen LogP contribution in [-0.2, 0) is 16.2 Å². The molecule has 0 saturated carbocycles. The van der Waals surface area contributed by atoms with Crippen molar-refractivity contribution in [1.29, 1.82) is 0 Å². The molecule has 33 heavy (non-hydrogen) atoms. The number of nitrogens with one attached hydrogen (secondary N) is 1. The number of ether oxygens (including phenoxy) is 1. The van der Waals surface area contributed by atoms with Gasteiger partial charge < -0.3 is 9.84 Å². The Hall–Kier alpha value is -4.72. The van der Waals surface area contributed by atoms with E-state index in [1.54, 1.807) is 30.3 Å². The number of amides is 4. The van der Waals surface area contributed by atoms with E-state index in [4.69, 9.17) is 4.74 Å². The van der Waals surface area contributed by atoms with Crippen LogP contribution in [-0.4, -0.2) is 28.9 Å². The van der Waals surface area contributed by atoms with Crippen molar-refractivity contribution in [1.82, 2.24) is 5.32 Å². The summed E-state index contributed by atoms with van der Waals surface area (Å²) >= 11 is 0. The van der Waals surface area contributed by atoms with Gasteiger partial charge in [0, 0.05) is 0 Å². The summed E-state index contributed by atoms with van der Waals surface area (Å²) in [5, 5.41) is 11.8. The fourth-order valence-electron chi connectivity index (χ4n) is 3.30. The molecule has 8 heteroatoms. The molecule has 3 aromatic carbocycles. The maximum atomic E-state index is 12.9. The van der Waals surface area contributed by atoms with E-state index in [1.807, 2.05) is 30.3 Å². The van der Waals surface area contributed by atoms with E-state index in [-0.39, 0.29) is 23.5 Å². The van der Waals surface area contributed by atoms with Crippen molar-refractivity contribution in [2.75, 3.05) is 4.90 Å². The minimum atomic E-state index is -1.22. The zero-order valence-corrected chi connectivity index (χ0v) is 17.2. The van der Waals surface area contributed by atoms with Gasteiger partial charge in [0.25, 0.3) is 11.8 Å². The van der Waals surface area contributed by atoms with Crippen LogP contribution in [0, 0.1) is 0 Å². The van der Waals surface area contributed by atoms with Gasteiger partial charge in [-0.15, -0.1) is 0 Å². The Bertz CT molecular complexity index is 1270. The van der Waals surface area contributed by atoms with E-state index >= 15 is 0 Å². The summed E-state index contributed by atoms with van der Waals surface area (Å²) in [7, 11) is 0. The van der Waals surface area contributed by atoms with Crippen LogP contribution in [0.3, 0.4) is 0 Å². The smallest absolute Gasteiger partial charge is 0.339 e. The highest BCUT2D eigenvalue weighted by molar-refractivity contribution is 6.39. The van der Waals surface area contributed by atoms with E-state index in [2.05, 4.69) is 5.32 Å². The van der Waals surface area contributed by atoms with Gasteiger partial charge >= 0.3 is 12.0 Å².